The number of pyridine rings is 1. The molecule has 68 valence electrons. The molecule has 0 radical (unpaired) electrons. The predicted octanol–water partition coefficient (Wildman–Crippen LogP) is 2.83. The quantitative estimate of drug-likeness (QED) is 0.655. The molecule has 0 aliphatic rings. The Labute approximate surface area is 83.0 Å². The Morgan fingerprint density at radius 2 is 1.71 bits per heavy atom. The van der Waals surface area contributed by atoms with Crippen LogP contribution in [0.4, 0.5) is 5.69 Å². The van der Waals surface area contributed by atoms with E-state index in [9.17, 15) is 0 Å². The lowest BCUT2D eigenvalue weighted by molar-refractivity contribution is 1.30. The number of benzene rings is 1. The summed E-state index contributed by atoms with van der Waals surface area (Å²) >= 11 is 0. The van der Waals surface area contributed by atoms with E-state index in [2.05, 4.69) is 9.98 Å². The monoisotopic (exact) mass is 182 g/mol. The Morgan fingerprint density at radius 1 is 0.929 bits per heavy atom. The highest BCUT2D eigenvalue weighted by molar-refractivity contribution is 5.79. The number of para-hydroxylation sites is 1. The summed E-state index contributed by atoms with van der Waals surface area (Å²) in [6.45, 7) is 0. The van der Waals surface area contributed by atoms with Crippen LogP contribution in [0.2, 0.25) is 0 Å². The number of aromatic nitrogens is 1. The largest absolute Gasteiger partial charge is 0.255 e. The first-order chi connectivity index (χ1) is 6.95. The van der Waals surface area contributed by atoms with Gasteiger partial charge in [0.25, 0.3) is 0 Å². The summed E-state index contributed by atoms with van der Waals surface area (Å²) in [5.74, 6) is 0. The van der Waals surface area contributed by atoms with E-state index >= 15 is 0 Å². The zero-order valence-electron chi connectivity index (χ0n) is 7.67. The topological polar surface area (TPSA) is 25.2 Å². The van der Waals surface area contributed by atoms with Crippen LogP contribution in [0.3, 0.4) is 0 Å². The van der Waals surface area contributed by atoms with E-state index in [0.717, 1.165) is 11.4 Å². The fourth-order valence-electron chi connectivity index (χ4n) is 1.11. The first-order valence-corrected chi connectivity index (χ1v) is 4.45. The molecule has 0 atom stereocenters. The molecular formula is C12H10N2. The fourth-order valence-corrected chi connectivity index (χ4v) is 1.11. The molecule has 1 heterocycles. The van der Waals surface area contributed by atoms with Crippen molar-refractivity contribution in [3.05, 3.63) is 60.4 Å². The molecule has 1 aromatic carbocycles. The molecule has 2 nitrogen and oxygen atoms in total. The third-order valence-electron chi connectivity index (χ3n) is 1.79. The summed E-state index contributed by atoms with van der Waals surface area (Å²) < 4.78 is 0. The summed E-state index contributed by atoms with van der Waals surface area (Å²) in [6.07, 6.45) is 3.52. The van der Waals surface area contributed by atoms with Gasteiger partial charge in [0, 0.05) is 6.20 Å². The summed E-state index contributed by atoms with van der Waals surface area (Å²) in [7, 11) is 0. The average Bonchev–Trinajstić information content (AvgIpc) is 2.29. The second-order valence-electron chi connectivity index (χ2n) is 2.85. The predicted molar refractivity (Wildman–Crippen MR) is 57.9 cm³/mol. The van der Waals surface area contributed by atoms with E-state index in [1.54, 1.807) is 12.4 Å². The molecule has 2 heteroatoms. The van der Waals surface area contributed by atoms with Gasteiger partial charge in [-0.15, -0.1) is 0 Å². The molecule has 0 saturated heterocycles. The van der Waals surface area contributed by atoms with Gasteiger partial charge >= 0.3 is 0 Å². The summed E-state index contributed by atoms with van der Waals surface area (Å²) in [6, 6.07) is 15.6. The first kappa shape index (κ1) is 8.63. The first-order valence-electron chi connectivity index (χ1n) is 4.45. The summed E-state index contributed by atoms with van der Waals surface area (Å²) in [5.41, 5.74) is 1.81. The summed E-state index contributed by atoms with van der Waals surface area (Å²) in [4.78, 5) is 8.43. The number of aliphatic imine (C=N–C) groups is 1. The van der Waals surface area contributed by atoms with Crippen molar-refractivity contribution in [1.29, 1.82) is 0 Å². The van der Waals surface area contributed by atoms with Gasteiger partial charge in [-0.2, -0.15) is 0 Å². The Bertz CT molecular complexity index is 365. The van der Waals surface area contributed by atoms with Crippen molar-refractivity contribution in [1.82, 2.24) is 4.98 Å². The third kappa shape index (κ3) is 2.26. The molecule has 0 bridgehead atoms. The Hall–Kier alpha value is -1.96. The minimum Gasteiger partial charge on any atom is -0.255 e. The number of hydrogen-bond acceptors (Lipinski definition) is 2. The molecule has 0 fully saturated rings. The molecule has 14 heavy (non-hydrogen) atoms. The van der Waals surface area contributed by atoms with Crippen molar-refractivity contribution < 1.29 is 0 Å². The second kappa shape index (κ2) is 4.33. The lowest BCUT2D eigenvalue weighted by Crippen LogP contribution is -1.83. The van der Waals surface area contributed by atoms with Crippen molar-refractivity contribution in [2.75, 3.05) is 0 Å². The zero-order chi connectivity index (χ0) is 9.64. The van der Waals surface area contributed by atoms with Crippen LogP contribution in [0.25, 0.3) is 0 Å². The van der Waals surface area contributed by atoms with Crippen LogP contribution in [0.5, 0.6) is 0 Å². The molecule has 0 saturated carbocycles. The van der Waals surface area contributed by atoms with Gasteiger partial charge in [-0.05, 0) is 24.3 Å². The molecule has 1 aromatic heterocycles. The third-order valence-corrected chi connectivity index (χ3v) is 1.79. The van der Waals surface area contributed by atoms with Gasteiger partial charge in [0.15, 0.2) is 0 Å². The maximum absolute atomic E-state index is 4.29. The Morgan fingerprint density at radius 3 is 2.43 bits per heavy atom. The van der Waals surface area contributed by atoms with Crippen molar-refractivity contribution in [3.63, 3.8) is 0 Å². The molecular weight excluding hydrogens is 172 g/mol. The van der Waals surface area contributed by atoms with Crippen molar-refractivity contribution >= 4 is 11.9 Å². The van der Waals surface area contributed by atoms with E-state index in [1.807, 2.05) is 48.5 Å². The zero-order valence-corrected chi connectivity index (χ0v) is 7.67. The molecule has 0 aliphatic carbocycles. The van der Waals surface area contributed by atoms with Crippen LogP contribution in [0, 0.1) is 0 Å². The van der Waals surface area contributed by atoms with E-state index in [-0.39, 0.29) is 0 Å². The van der Waals surface area contributed by atoms with Crippen LogP contribution < -0.4 is 0 Å². The van der Waals surface area contributed by atoms with Gasteiger partial charge in [0.05, 0.1) is 17.6 Å². The summed E-state index contributed by atoms with van der Waals surface area (Å²) in [5, 5.41) is 0. The number of nitrogens with zero attached hydrogens (tertiary/aromatic N) is 2. The lowest BCUT2D eigenvalue weighted by Gasteiger charge is -1.91. The minimum atomic E-state index is 0.872. The molecule has 2 aromatic rings. The van der Waals surface area contributed by atoms with Gasteiger partial charge in [0.2, 0.25) is 0 Å². The maximum Gasteiger partial charge on any atom is 0.0812 e. The Balaban J connectivity index is 2.16. The minimum absolute atomic E-state index is 0.872. The van der Waals surface area contributed by atoms with Gasteiger partial charge in [-0.25, -0.2) is 0 Å². The molecule has 2 rings (SSSR count). The normalized spacial score (nSPS) is 10.6. The molecule has 0 N–H and O–H groups in total. The second-order valence-corrected chi connectivity index (χ2v) is 2.85. The Kier molecular flexibility index (Phi) is 2.67. The fraction of sp³-hybridized carbons (Fsp3) is 0. The van der Waals surface area contributed by atoms with Crippen LogP contribution in [-0.2, 0) is 0 Å². The van der Waals surface area contributed by atoms with Crippen molar-refractivity contribution in [2.45, 2.75) is 0 Å². The van der Waals surface area contributed by atoms with Crippen LogP contribution in [0.1, 0.15) is 5.69 Å². The van der Waals surface area contributed by atoms with Gasteiger partial charge in [0.1, 0.15) is 0 Å². The maximum atomic E-state index is 4.29. The van der Waals surface area contributed by atoms with Gasteiger partial charge < -0.3 is 0 Å². The van der Waals surface area contributed by atoms with Crippen molar-refractivity contribution in [3.8, 4) is 0 Å². The van der Waals surface area contributed by atoms with E-state index in [1.165, 1.54) is 0 Å². The number of hydrogen-bond donors (Lipinski definition) is 0. The highest BCUT2D eigenvalue weighted by Gasteiger charge is 1.86. The standard InChI is InChI=1S/C12H10N2/c1-2-6-11(7-3-1)14-10-12-8-4-5-9-13-12/h1-10H/b14-10-. The highest BCUT2D eigenvalue weighted by Crippen LogP contribution is 2.08. The lowest BCUT2D eigenvalue weighted by atomic mass is 10.3. The molecule has 0 unspecified atom stereocenters. The van der Waals surface area contributed by atoms with Crippen LogP contribution in [0.15, 0.2) is 59.7 Å². The SMILES string of the molecule is C(=N/c1ccccc1)/c1ccccn1. The van der Waals surface area contributed by atoms with Gasteiger partial charge in [-0.1, -0.05) is 24.3 Å². The van der Waals surface area contributed by atoms with Crippen LogP contribution in [-0.4, -0.2) is 11.2 Å². The van der Waals surface area contributed by atoms with Gasteiger partial charge in [-0.3, -0.25) is 9.98 Å². The number of rotatable bonds is 2. The highest BCUT2D eigenvalue weighted by atomic mass is 14.8. The molecule has 0 aliphatic heterocycles. The van der Waals surface area contributed by atoms with Crippen LogP contribution >= 0.6 is 0 Å². The molecule has 0 spiro atoms. The van der Waals surface area contributed by atoms with E-state index in [0.29, 0.717) is 0 Å². The molecule has 0 amide bonds. The van der Waals surface area contributed by atoms with Crippen molar-refractivity contribution in [2.24, 2.45) is 4.99 Å². The van der Waals surface area contributed by atoms with E-state index < -0.39 is 0 Å². The average molecular weight is 182 g/mol. The smallest absolute Gasteiger partial charge is 0.0812 e. The van der Waals surface area contributed by atoms with E-state index in [4.69, 9.17) is 0 Å².